The van der Waals surface area contributed by atoms with E-state index >= 15 is 8.78 Å². The first-order valence-electron chi connectivity index (χ1n) is 14.8. The maximum Gasteiger partial charge on any atom is 0.435 e. The number of nitrogens with two attached hydrogens (primary N) is 1. The Balaban J connectivity index is 1.48. The number of carbonyl (C=O) groups is 2. The first-order valence-corrected chi connectivity index (χ1v) is 14.8. The molecule has 5 aromatic rings. The summed E-state index contributed by atoms with van der Waals surface area (Å²) >= 11 is 0. The van der Waals surface area contributed by atoms with E-state index in [9.17, 15) is 41.0 Å². The monoisotopic (exact) mass is 708 g/mol. The second kappa shape index (κ2) is 12.1. The minimum Gasteiger partial charge on any atom is -0.466 e. The van der Waals surface area contributed by atoms with Crippen molar-refractivity contribution in [3.8, 4) is 17.2 Å². The van der Waals surface area contributed by atoms with Crippen molar-refractivity contribution in [3.63, 3.8) is 0 Å². The number of carbonyl (C=O) groups excluding carboxylic acids is 2. The number of amides is 2. The second-order valence-corrected chi connectivity index (χ2v) is 11.9. The predicted octanol–water partition coefficient (Wildman–Crippen LogP) is 6.27. The van der Waals surface area contributed by atoms with Crippen LogP contribution in [0.4, 0.5) is 35.1 Å². The van der Waals surface area contributed by atoms with Crippen LogP contribution < -0.4 is 11.1 Å². The molecular weight excluding hydrogens is 684 g/mol. The third-order valence-corrected chi connectivity index (χ3v) is 8.62. The average molecular weight is 709 g/mol. The lowest BCUT2D eigenvalue weighted by atomic mass is 9.94. The zero-order valence-corrected chi connectivity index (χ0v) is 25.7. The van der Waals surface area contributed by atoms with Gasteiger partial charge in [0.1, 0.15) is 35.2 Å². The summed E-state index contributed by atoms with van der Waals surface area (Å²) in [6.07, 6.45) is -6.43. The van der Waals surface area contributed by atoms with Crippen LogP contribution in [-0.2, 0) is 29.9 Å². The number of nitrogens with zero attached hydrogens (tertiary/aromatic N) is 4. The van der Waals surface area contributed by atoms with Gasteiger partial charge in [-0.1, -0.05) is 19.9 Å². The van der Waals surface area contributed by atoms with Crippen molar-refractivity contribution >= 4 is 23.0 Å². The van der Waals surface area contributed by atoms with Crippen molar-refractivity contribution in [1.29, 1.82) is 0 Å². The summed E-state index contributed by atoms with van der Waals surface area (Å²) in [4.78, 5) is 33.6. The standard InChI is InChI=1S/C32H24F8N6O4/c1-12-13(2)31(36,37)27-24(12)26(32(38,39)40)45-46(27)11-23(47)42-21(7-14-5-16(33)9-17(34)6-14)25-18(10-22-29(44-25)50-30(49)43-22)15-3-4-20(35)19(8-15)28(41)48/h3-6,8-10,12-13,21H,7,11H2,1-2H3,(H2,41,48)(H,42,47)(H,43,49)/t12-,13+,21-/m0/s1. The van der Waals surface area contributed by atoms with E-state index in [0.29, 0.717) is 6.07 Å². The van der Waals surface area contributed by atoms with Gasteiger partial charge in [0.25, 0.3) is 17.5 Å². The number of primary amides is 1. The van der Waals surface area contributed by atoms with Gasteiger partial charge in [0.05, 0.1) is 17.3 Å². The van der Waals surface area contributed by atoms with Gasteiger partial charge >= 0.3 is 12.3 Å². The molecule has 262 valence electrons. The quantitative estimate of drug-likeness (QED) is 0.161. The van der Waals surface area contributed by atoms with Crippen molar-refractivity contribution in [2.24, 2.45) is 11.7 Å². The average Bonchev–Trinajstić information content (AvgIpc) is 3.63. The molecule has 18 heteroatoms. The van der Waals surface area contributed by atoms with Crippen molar-refractivity contribution in [2.45, 2.75) is 50.9 Å². The highest BCUT2D eigenvalue weighted by Gasteiger charge is 2.57. The molecule has 0 saturated carbocycles. The van der Waals surface area contributed by atoms with Crippen molar-refractivity contribution in [2.75, 3.05) is 0 Å². The Morgan fingerprint density at radius 3 is 2.38 bits per heavy atom. The normalized spacial score (nSPS) is 17.6. The van der Waals surface area contributed by atoms with E-state index in [1.165, 1.54) is 19.1 Å². The van der Waals surface area contributed by atoms with Crippen molar-refractivity contribution < 1.29 is 54.2 Å². The largest absolute Gasteiger partial charge is 0.466 e. The molecule has 4 N–H and O–H groups in total. The smallest absolute Gasteiger partial charge is 0.435 e. The molecule has 2 aromatic carbocycles. The van der Waals surface area contributed by atoms with E-state index in [1.54, 1.807) is 0 Å². The lowest BCUT2D eigenvalue weighted by Crippen LogP contribution is -2.35. The number of fused-ring (bicyclic) bond motifs is 2. The highest BCUT2D eigenvalue weighted by molar-refractivity contribution is 5.95. The Labute approximate surface area is 275 Å². The van der Waals surface area contributed by atoms with Gasteiger partial charge in [-0.05, 0) is 53.8 Å². The molecule has 3 heterocycles. The van der Waals surface area contributed by atoms with Crippen LogP contribution in [0.3, 0.4) is 0 Å². The van der Waals surface area contributed by atoms with Crippen LogP contribution in [0.2, 0.25) is 0 Å². The molecule has 0 fully saturated rings. The van der Waals surface area contributed by atoms with E-state index in [-0.39, 0.29) is 38.3 Å². The molecule has 0 unspecified atom stereocenters. The number of hydrogen-bond donors (Lipinski definition) is 3. The van der Waals surface area contributed by atoms with Crippen LogP contribution in [0.5, 0.6) is 6.08 Å². The molecule has 10 nitrogen and oxygen atoms in total. The Hall–Kier alpha value is -5.55. The van der Waals surface area contributed by atoms with Crippen LogP contribution in [0.25, 0.3) is 22.4 Å². The summed E-state index contributed by atoms with van der Waals surface area (Å²) in [6.45, 7) is 1.13. The van der Waals surface area contributed by atoms with E-state index in [1.807, 2.05) is 0 Å². The van der Waals surface area contributed by atoms with E-state index in [4.69, 9.17) is 10.2 Å². The lowest BCUT2D eigenvalue weighted by Gasteiger charge is -2.23. The molecular formula is C32H24F8N6O4. The summed E-state index contributed by atoms with van der Waals surface area (Å²) in [5.41, 5.74) is 0.799. The molecule has 3 aromatic heterocycles. The fraction of sp³-hybridized carbons (Fsp3) is 0.281. The molecule has 0 spiro atoms. The number of pyridine rings is 1. The number of rotatable bonds is 8. The third-order valence-electron chi connectivity index (χ3n) is 8.62. The maximum atomic E-state index is 15.4. The Morgan fingerprint density at radius 1 is 1.06 bits per heavy atom. The first kappa shape index (κ1) is 34.3. The van der Waals surface area contributed by atoms with Crippen molar-refractivity contribution in [1.82, 2.24) is 25.1 Å². The zero-order chi connectivity index (χ0) is 36.4. The highest BCUT2D eigenvalue weighted by Crippen LogP contribution is 2.55. The van der Waals surface area contributed by atoms with Gasteiger partial charge in [-0.2, -0.15) is 32.0 Å². The van der Waals surface area contributed by atoms with Gasteiger partial charge < -0.3 is 20.6 Å². The Kier molecular flexibility index (Phi) is 8.30. The number of oxazole rings is 1. The van der Waals surface area contributed by atoms with Gasteiger partial charge in [0.2, 0.25) is 5.91 Å². The molecule has 1 aliphatic rings. The fourth-order valence-corrected chi connectivity index (χ4v) is 6.16. The van der Waals surface area contributed by atoms with Crippen LogP contribution in [0, 0.1) is 23.4 Å². The number of nitrogens with one attached hydrogen (secondary N) is 1. The summed E-state index contributed by atoms with van der Waals surface area (Å²) in [5.74, 6) is -11.9. The Bertz CT molecular complexity index is 2160. The first-order chi connectivity index (χ1) is 23.3. The van der Waals surface area contributed by atoms with Gasteiger partial charge in [-0.25, -0.2) is 18.2 Å². The van der Waals surface area contributed by atoms with Crippen LogP contribution in [-0.4, -0.2) is 36.7 Å². The summed E-state index contributed by atoms with van der Waals surface area (Å²) < 4.78 is 121. The van der Waals surface area contributed by atoms with Crippen molar-refractivity contribution in [3.05, 3.63) is 93.7 Å². The summed E-state index contributed by atoms with van der Waals surface area (Å²) in [6, 6.07) is 5.35. The van der Waals surface area contributed by atoms with E-state index in [0.717, 1.165) is 31.2 Å². The van der Waals surface area contributed by atoms with Gasteiger partial charge in [0.15, 0.2) is 5.69 Å². The fourth-order valence-electron chi connectivity index (χ4n) is 6.16. The molecule has 6 rings (SSSR count). The van der Waals surface area contributed by atoms with Gasteiger partial charge in [-0.3, -0.25) is 14.3 Å². The van der Waals surface area contributed by atoms with E-state index in [2.05, 4.69) is 20.4 Å². The molecule has 0 saturated heterocycles. The van der Waals surface area contributed by atoms with E-state index < -0.39 is 101 Å². The number of benzene rings is 2. The molecule has 50 heavy (non-hydrogen) atoms. The minimum atomic E-state index is -5.13. The molecule has 2 amide bonds. The Morgan fingerprint density at radius 2 is 1.74 bits per heavy atom. The van der Waals surface area contributed by atoms with Crippen LogP contribution in [0.1, 0.15) is 64.4 Å². The summed E-state index contributed by atoms with van der Waals surface area (Å²) in [7, 11) is 0. The van der Waals surface area contributed by atoms with Crippen LogP contribution in [0.15, 0.2) is 46.9 Å². The topological polar surface area (TPSA) is 149 Å². The predicted molar refractivity (Wildman–Crippen MR) is 157 cm³/mol. The lowest BCUT2D eigenvalue weighted by molar-refractivity contribution is -0.143. The molecule has 3 atom stereocenters. The zero-order valence-electron chi connectivity index (χ0n) is 25.7. The molecule has 0 aliphatic heterocycles. The van der Waals surface area contributed by atoms with Gasteiger partial charge in [0, 0.05) is 23.1 Å². The third kappa shape index (κ3) is 6.09. The SMILES string of the molecule is C[C@@H]1c2c(C(F)(F)F)nn(CC(=O)N[C@@H](Cc3cc(F)cc(F)c3)c3nc4oc(O)nc4cc3-c3ccc(F)c(C(N)=O)c3)c2C(F)(F)[C@@H]1C. The maximum absolute atomic E-state index is 15.4. The summed E-state index contributed by atoms with van der Waals surface area (Å²) in [5, 5.41) is 15.7. The van der Waals surface area contributed by atoms with Gasteiger partial charge in [-0.15, -0.1) is 0 Å². The highest BCUT2D eigenvalue weighted by atomic mass is 19.4. The number of aromatic hydroxyl groups is 1. The number of alkyl halides is 5. The number of hydrogen-bond acceptors (Lipinski definition) is 7. The number of halogens is 8. The minimum absolute atomic E-state index is 0.00370. The van der Waals surface area contributed by atoms with Crippen LogP contribution >= 0.6 is 0 Å². The number of aromatic nitrogens is 4. The molecule has 1 aliphatic carbocycles. The molecule has 0 radical (unpaired) electrons. The molecule has 0 bridgehead atoms. The second-order valence-electron chi connectivity index (χ2n) is 11.9.